The Bertz CT molecular complexity index is 612. The number of hydrogen-bond acceptors (Lipinski definition) is 2. The Kier molecular flexibility index (Phi) is 3.35. The molecule has 0 unspecified atom stereocenters. The molecule has 1 aliphatic heterocycles. The van der Waals surface area contributed by atoms with E-state index in [2.05, 4.69) is 22.9 Å². The van der Waals surface area contributed by atoms with Crippen molar-refractivity contribution in [3.8, 4) is 0 Å². The summed E-state index contributed by atoms with van der Waals surface area (Å²) in [5, 5.41) is 0.955. The Balaban J connectivity index is 1.87. The molecule has 0 spiro atoms. The van der Waals surface area contributed by atoms with E-state index in [1.165, 1.54) is 0 Å². The lowest BCUT2D eigenvalue weighted by atomic mass is 9.99. The molecule has 19 heavy (non-hydrogen) atoms. The lowest BCUT2D eigenvalue weighted by molar-refractivity contribution is 0.0667. The van der Waals surface area contributed by atoms with Crippen LogP contribution in [0.1, 0.15) is 30.3 Å². The minimum Gasteiger partial charge on any atom is -0.451 e. The number of carbonyl (C=O) groups excluding carboxylic acids is 1. The largest absolute Gasteiger partial charge is 0.451 e. The van der Waals surface area contributed by atoms with Gasteiger partial charge in [0.15, 0.2) is 5.76 Å². The number of hydrogen-bond donors (Lipinski definition) is 0. The molecule has 1 aliphatic rings. The van der Waals surface area contributed by atoms with E-state index in [4.69, 9.17) is 4.42 Å². The van der Waals surface area contributed by atoms with Crippen LogP contribution in [0, 0.1) is 5.92 Å². The van der Waals surface area contributed by atoms with Gasteiger partial charge in [-0.05, 0) is 37.0 Å². The highest BCUT2D eigenvalue weighted by molar-refractivity contribution is 9.10. The summed E-state index contributed by atoms with van der Waals surface area (Å²) in [5.74, 6) is 1.17. The van der Waals surface area contributed by atoms with Crippen LogP contribution in [0.25, 0.3) is 11.0 Å². The second-order valence-electron chi connectivity index (χ2n) is 5.24. The predicted molar refractivity (Wildman–Crippen MR) is 78.2 cm³/mol. The number of carbonyl (C=O) groups is 1. The smallest absolute Gasteiger partial charge is 0.289 e. The zero-order chi connectivity index (χ0) is 13.4. The maximum absolute atomic E-state index is 12.4. The number of piperidine rings is 1. The normalized spacial score (nSPS) is 17.1. The summed E-state index contributed by atoms with van der Waals surface area (Å²) in [6, 6.07) is 7.58. The van der Waals surface area contributed by atoms with Gasteiger partial charge >= 0.3 is 0 Å². The Morgan fingerprint density at radius 3 is 2.79 bits per heavy atom. The van der Waals surface area contributed by atoms with Crippen LogP contribution in [0.15, 0.2) is 33.2 Å². The monoisotopic (exact) mass is 321 g/mol. The van der Waals surface area contributed by atoms with Gasteiger partial charge in [-0.15, -0.1) is 0 Å². The molecule has 1 amide bonds. The fourth-order valence-electron chi connectivity index (χ4n) is 2.50. The van der Waals surface area contributed by atoms with Gasteiger partial charge < -0.3 is 9.32 Å². The van der Waals surface area contributed by atoms with E-state index < -0.39 is 0 Å². The molecule has 3 nitrogen and oxygen atoms in total. The van der Waals surface area contributed by atoms with Crippen molar-refractivity contribution >= 4 is 32.8 Å². The van der Waals surface area contributed by atoms with Crippen LogP contribution in [-0.2, 0) is 0 Å². The van der Waals surface area contributed by atoms with E-state index >= 15 is 0 Å². The van der Waals surface area contributed by atoms with Gasteiger partial charge in [0.2, 0.25) is 0 Å². The van der Waals surface area contributed by atoms with Crippen LogP contribution in [0.5, 0.6) is 0 Å². The summed E-state index contributed by atoms with van der Waals surface area (Å²) in [6.45, 7) is 3.90. The molecule has 1 saturated heterocycles. The summed E-state index contributed by atoms with van der Waals surface area (Å²) >= 11 is 3.48. The highest BCUT2D eigenvalue weighted by Gasteiger charge is 2.24. The molecule has 0 atom stereocenters. The van der Waals surface area contributed by atoms with Gasteiger partial charge in [0, 0.05) is 22.9 Å². The third kappa shape index (κ3) is 2.41. The molecule has 1 fully saturated rings. The number of likely N-dealkylation sites (tertiary alicyclic amines) is 1. The SMILES string of the molecule is CC1CCN(C(=O)c2cc3c(Br)cccc3o2)CC1. The quantitative estimate of drug-likeness (QED) is 0.793. The van der Waals surface area contributed by atoms with Gasteiger partial charge in [0.05, 0.1) is 0 Å². The molecule has 4 heteroatoms. The Hall–Kier alpha value is -1.29. The van der Waals surface area contributed by atoms with Crippen molar-refractivity contribution in [2.75, 3.05) is 13.1 Å². The van der Waals surface area contributed by atoms with Gasteiger partial charge in [-0.25, -0.2) is 0 Å². The number of rotatable bonds is 1. The highest BCUT2D eigenvalue weighted by Crippen LogP contribution is 2.28. The van der Waals surface area contributed by atoms with Crippen LogP contribution in [-0.4, -0.2) is 23.9 Å². The topological polar surface area (TPSA) is 33.5 Å². The first-order valence-corrected chi connectivity index (χ1v) is 7.42. The van der Waals surface area contributed by atoms with Crippen molar-refractivity contribution in [3.05, 3.63) is 34.5 Å². The molecule has 0 radical (unpaired) electrons. The zero-order valence-electron chi connectivity index (χ0n) is 10.9. The van der Waals surface area contributed by atoms with Crippen LogP contribution >= 0.6 is 15.9 Å². The molecule has 0 bridgehead atoms. The number of benzene rings is 1. The lowest BCUT2D eigenvalue weighted by Gasteiger charge is -2.29. The minimum atomic E-state index is 0.00926. The van der Waals surface area contributed by atoms with Crippen molar-refractivity contribution in [2.45, 2.75) is 19.8 Å². The zero-order valence-corrected chi connectivity index (χ0v) is 12.4. The first kappa shape index (κ1) is 12.7. The van der Waals surface area contributed by atoms with Gasteiger partial charge in [-0.3, -0.25) is 4.79 Å². The van der Waals surface area contributed by atoms with E-state index in [1.807, 2.05) is 29.2 Å². The van der Waals surface area contributed by atoms with Gasteiger partial charge in [-0.1, -0.05) is 28.9 Å². The van der Waals surface area contributed by atoms with E-state index in [0.717, 1.165) is 41.4 Å². The second kappa shape index (κ2) is 5.00. The van der Waals surface area contributed by atoms with Crippen molar-refractivity contribution < 1.29 is 9.21 Å². The number of nitrogens with zero attached hydrogens (tertiary/aromatic N) is 1. The number of furan rings is 1. The molecular formula is C15H16BrNO2. The average molecular weight is 322 g/mol. The number of fused-ring (bicyclic) bond motifs is 1. The minimum absolute atomic E-state index is 0.00926. The summed E-state index contributed by atoms with van der Waals surface area (Å²) < 4.78 is 6.63. The average Bonchev–Trinajstić information content (AvgIpc) is 2.84. The molecule has 0 aliphatic carbocycles. The van der Waals surface area contributed by atoms with Gasteiger partial charge in [-0.2, -0.15) is 0 Å². The van der Waals surface area contributed by atoms with Crippen molar-refractivity contribution in [1.82, 2.24) is 4.90 Å². The molecule has 3 rings (SSSR count). The molecule has 1 aromatic heterocycles. The van der Waals surface area contributed by atoms with Crippen molar-refractivity contribution in [3.63, 3.8) is 0 Å². The second-order valence-corrected chi connectivity index (χ2v) is 6.09. The van der Waals surface area contributed by atoms with Crippen LogP contribution < -0.4 is 0 Å². The molecule has 100 valence electrons. The third-order valence-corrected chi connectivity index (χ3v) is 4.48. The molecule has 2 heterocycles. The van der Waals surface area contributed by atoms with Crippen LogP contribution in [0.3, 0.4) is 0 Å². The molecule has 1 aromatic carbocycles. The van der Waals surface area contributed by atoms with Gasteiger partial charge in [0.1, 0.15) is 5.58 Å². The van der Waals surface area contributed by atoms with Gasteiger partial charge in [0.25, 0.3) is 5.91 Å². The molecule has 2 aromatic rings. The highest BCUT2D eigenvalue weighted by atomic mass is 79.9. The Morgan fingerprint density at radius 2 is 2.11 bits per heavy atom. The van der Waals surface area contributed by atoms with E-state index in [1.54, 1.807) is 0 Å². The lowest BCUT2D eigenvalue weighted by Crippen LogP contribution is -2.37. The van der Waals surface area contributed by atoms with Crippen molar-refractivity contribution in [1.29, 1.82) is 0 Å². The Labute approximate surface area is 120 Å². The molecular weight excluding hydrogens is 306 g/mol. The standard InChI is InChI=1S/C15H16BrNO2/c1-10-5-7-17(8-6-10)15(18)14-9-11-12(16)3-2-4-13(11)19-14/h2-4,9-10H,5-8H2,1H3. The maximum atomic E-state index is 12.4. The van der Waals surface area contributed by atoms with Crippen LogP contribution in [0.2, 0.25) is 0 Å². The summed E-state index contributed by atoms with van der Waals surface area (Å²) in [6.07, 6.45) is 2.16. The van der Waals surface area contributed by atoms with Crippen LogP contribution in [0.4, 0.5) is 0 Å². The fraction of sp³-hybridized carbons (Fsp3) is 0.400. The molecule has 0 saturated carbocycles. The van der Waals surface area contributed by atoms with E-state index in [0.29, 0.717) is 11.7 Å². The summed E-state index contributed by atoms with van der Waals surface area (Å²) in [4.78, 5) is 14.3. The fourth-order valence-corrected chi connectivity index (χ4v) is 2.96. The third-order valence-electron chi connectivity index (χ3n) is 3.79. The number of amides is 1. The summed E-state index contributed by atoms with van der Waals surface area (Å²) in [7, 11) is 0. The molecule has 0 N–H and O–H groups in total. The first-order valence-electron chi connectivity index (χ1n) is 6.62. The van der Waals surface area contributed by atoms with E-state index in [-0.39, 0.29) is 5.91 Å². The summed E-state index contributed by atoms with van der Waals surface area (Å²) in [5.41, 5.74) is 0.753. The van der Waals surface area contributed by atoms with E-state index in [9.17, 15) is 4.79 Å². The maximum Gasteiger partial charge on any atom is 0.289 e. The predicted octanol–water partition coefficient (Wildman–Crippen LogP) is 4.07. The number of halogens is 1. The van der Waals surface area contributed by atoms with Crippen molar-refractivity contribution in [2.24, 2.45) is 5.92 Å². The Morgan fingerprint density at radius 1 is 1.37 bits per heavy atom. The first-order chi connectivity index (χ1) is 9.15.